The molecular formula is C14H18N4O. The number of methoxy groups -OCH3 is 1. The van der Waals surface area contributed by atoms with E-state index in [4.69, 9.17) is 4.74 Å². The summed E-state index contributed by atoms with van der Waals surface area (Å²) in [7, 11) is 5.38. The third-order valence-corrected chi connectivity index (χ3v) is 2.96. The lowest BCUT2D eigenvalue weighted by atomic mass is 10.2. The summed E-state index contributed by atoms with van der Waals surface area (Å²) >= 11 is 0. The number of nitrogens with zero attached hydrogens (tertiary/aromatic N) is 3. The van der Waals surface area contributed by atoms with E-state index >= 15 is 0 Å². The van der Waals surface area contributed by atoms with E-state index in [2.05, 4.69) is 46.5 Å². The number of hydrogen-bond donors (Lipinski definition) is 1. The lowest BCUT2D eigenvalue weighted by Gasteiger charge is -2.21. The van der Waals surface area contributed by atoms with Crippen molar-refractivity contribution in [2.75, 3.05) is 31.4 Å². The second kappa shape index (κ2) is 5.56. The minimum Gasteiger partial charge on any atom is -0.490 e. The van der Waals surface area contributed by atoms with E-state index < -0.39 is 0 Å². The van der Waals surface area contributed by atoms with Crippen molar-refractivity contribution in [3.63, 3.8) is 0 Å². The highest BCUT2D eigenvalue weighted by Crippen LogP contribution is 2.34. The van der Waals surface area contributed by atoms with Crippen LogP contribution in [-0.2, 0) is 0 Å². The average molecular weight is 258 g/mol. The van der Waals surface area contributed by atoms with Crippen molar-refractivity contribution in [2.24, 2.45) is 0 Å². The van der Waals surface area contributed by atoms with Gasteiger partial charge in [0, 0.05) is 19.8 Å². The van der Waals surface area contributed by atoms with Gasteiger partial charge in [0.05, 0.1) is 7.11 Å². The van der Waals surface area contributed by atoms with Gasteiger partial charge in [-0.25, -0.2) is 9.97 Å². The molecule has 5 heteroatoms. The summed E-state index contributed by atoms with van der Waals surface area (Å²) in [6, 6.07) is 8.24. The number of rotatable bonds is 4. The molecule has 5 nitrogen and oxygen atoms in total. The van der Waals surface area contributed by atoms with E-state index in [0.29, 0.717) is 11.6 Å². The molecule has 0 saturated carbocycles. The Morgan fingerprint density at radius 3 is 2.42 bits per heavy atom. The summed E-state index contributed by atoms with van der Waals surface area (Å²) in [4.78, 5) is 10.4. The first-order chi connectivity index (χ1) is 9.17. The van der Waals surface area contributed by atoms with Gasteiger partial charge in [0.2, 0.25) is 5.75 Å². The molecule has 0 unspecified atom stereocenters. The summed E-state index contributed by atoms with van der Waals surface area (Å²) < 4.78 is 5.40. The van der Waals surface area contributed by atoms with E-state index in [9.17, 15) is 0 Å². The van der Waals surface area contributed by atoms with Gasteiger partial charge in [-0.15, -0.1) is 0 Å². The van der Waals surface area contributed by atoms with Crippen molar-refractivity contribution < 1.29 is 4.74 Å². The second-order valence-electron chi connectivity index (χ2n) is 4.22. The molecule has 1 aromatic carbocycles. The molecule has 1 aromatic heterocycles. The van der Waals surface area contributed by atoms with Crippen molar-refractivity contribution in [2.45, 2.75) is 6.92 Å². The Morgan fingerprint density at radius 2 is 1.84 bits per heavy atom. The monoisotopic (exact) mass is 258 g/mol. The Kier molecular flexibility index (Phi) is 3.85. The van der Waals surface area contributed by atoms with Gasteiger partial charge in [-0.1, -0.05) is 17.7 Å². The summed E-state index contributed by atoms with van der Waals surface area (Å²) in [6.07, 6.45) is 1.52. The Balaban J connectivity index is 2.43. The predicted molar refractivity (Wildman–Crippen MR) is 77.4 cm³/mol. The highest BCUT2D eigenvalue weighted by atomic mass is 16.5. The molecule has 1 N–H and O–H groups in total. The quantitative estimate of drug-likeness (QED) is 0.913. The number of aromatic nitrogens is 2. The van der Waals surface area contributed by atoms with Crippen LogP contribution < -0.4 is 15.0 Å². The maximum absolute atomic E-state index is 5.40. The van der Waals surface area contributed by atoms with Crippen molar-refractivity contribution in [3.8, 4) is 5.75 Å². The van der Waals surface area contributed by atoms with E-state index in [1.165, 1.54) is 11.9 Å². The second-order valence-corrected chi connectivity index (χ2v) is 4.22. The number of nitrogens with one attached hydrogen (secondary N) is 1. The summed E-state index contributed by atoms with van der Waals surface area (Å²) in [6.45, 7) is 2.06. The van der Waals surface area contributed by atoms with Crippen molar-refractivity contribution in [3.05, 3.63) is 36.2 Å². The average Bonchev–Trinajstić information content (AvgIpc) is 2.46. The zero-order valence-corrected chi connectivity index (χ0v) is 11.6. The topological polar surface area (TPSA) is 50.3 Å². The first kappa shape index (κ1) is 13.1. The van der Waals surface area contributed by atoms with Gasteiger partial charge >= 0.3 is 0 Å². The van der Waals surface area contributed by atoms with Crippen LogP contribution in [0, 0.1) is 6.92 Å². The first-order valence-corrected chi connectivity index (χ1v) is 6.04. The zero-order valence-electron chi connectivity index (χ0n) is 11.6. The van der Waals surface area contributed by atoms with Gasteiger partial charge in [-0.05, 0) is 19.1 Å². The third-order valence-electron chi connectivity index (χ3n) is 2.96. The van der Waals surface area contributed by atoms with Gasteiger partial charge in [-0.3, -0.25) is 0 Å². The molecule has 0 aliphatic carbocycles. The maximum Gasteiger partial charge on any atom is 0.204 e. The minimum atomic E-state index is 0.632. The van der Waals surface area contributed by atoms with E-state index in [0.717, 1.165) is 11.5 Å². The predicted octanol–water partition coefficient (Wildman–Crippen LogP) is 2.60. The molecule has 0 saturated heterocycles. The van der Waals surface area contributed by atoms with Crippen molar-refractivity contribution >= 4 is 17.3 Å². The van der Waals surface area contributed by atoms with Crippen LogP contribution in [0.4, 0.5) is 17.3 Å². The molecule has 0 aliphatic rings. The fourth-order valence-corrected chi connectivity index (χ4v) is 1.86. The van der Waals surface area contributed by atoms with Crippen LogP contribution in [0.3, 0.4) is 0 Å². The van der Waals surface area contributed by atoms with Gasteiger partial charge < -0.3 is 15.0 Å². The molecule has 2 aromatic rings. The summed E-state index contributed by atoms with van der Waals surface area (Å²) in [5.74, 6) is 2.03. The Hall–Kier alpha value is -2.30. The Bertz CT molecular complexity index is 554. The van der Waals surface area contributed by atoms with Crippen LogP contribution in [0.2, 0.25) is 0 Å². The Labute approximate surface area is 113 Å². The number of hydrogen-bond acceptors (Lipinski definition) is 5. The van der Waals surface area contributed by atoms with Crippen LogP contribution in [0.1, 0.15) is 5.56 Å². The Morgan fingerprint density at radius 1 is 1.16 bits per heavy atom. The third kappa shape index (κ3) is 2.59. The van der Waals surface area contributed by atoms with E-state index in [1.54, 1.807) is 14.2 Å². The molecule has 0 atom stereocenters. The number of ether oxygens (including phenoxy) is 1. The highest BCUT2D eigenvalue weighted by Gasteiger charge is 2.15. The van der Waals surface area contributed by atoms with Crippen LogP contribution in [0.15, 0.2) is 30.6 Å². The summed E-state index contributed by atoms with van der Waals surface area (Å²) in [5.41, 5.74) is 2.27. The van der Waals surface area contributed by atoms with Crippen LogP contribution in [0.5, 0.6) is 5.75 Å². The van der Waals surface area contributed by atoms with Crippen LogP contribution in [0.25, 0.3) is 0 Å². The number of aryl methyl sites for hydroxylation is 1. The van der Waals surface area contributed by atoms with Gasteiger partial charge in [-0.2, -0.15) is 0 Å². The molecule has 100 valence electrons. The molecule has 1 heterocycles. The number of benzene rings is 1. The van der Waals surface area contributed by atoms with Gasteiger partial charge in [0.15, 0.2) is 11.6 Å². The fraction of sp³-hybridized carbons (Fsp3) is 0.286. The first-order valence-electron chi connectivity index (χ1n) is 6.04. The molecule has 0 aliphatic heterocycles. The lowest BCUT2D eigenvalue weighted by Crippen LogP contribution is -2.14. The van der Waals surface area contributed by atoms with Crippen molar-refractivity contribution in [1.82, 2.24) is 9.97 Å². The molecule has 0 radical (unpaired) electrons. The molecule has 0 bridgehead atoms. The highest BCUT2D eigenvalue weighted by molar-refractivity contribution is 5.70. The molecule has 19 heavy (non-hydrogen) atoms. The minimum absolute atomic E-state index is 0.632. The van der Waals surface area contributed by atoms with E-state index in [-0.39, 0.29) is 0 Å². The molecule has 0 fully saturated rings. The molecule has 2 rings (SSSR count). The van der Waals surface area contributed by atoms with Gasteiger partial charge in [0.1, 0.15) is 6.33 Å². The molecule has 0 amide bonds. The normalized spacial score (nSPS) is 10.1. The largest absolute Gasteiger partial charge is 0.490 e. The molecular weight excluding hydrogens is 240 g/mol. The number of anilines is 3. The standard InChI is InChI=1S/C14H18N4O/c1-10-5-7-11(8-6-10)18(3)14-12(19-4)13(15-2)16-9-17-14/h5-9H,1-4H3,(H,15,16,17). The van der Waals surface area contributed by atoms with Crippen molar-refractivity contribution in [1.29, 1.82) is 0 Å². The smallest absolute Gasteiger partial charge is 0.204 e. The molecule has 0 spiro atoms. The lowest BCUT2D eigenvalue weighted by molar-refractivity contribution is 0.414. The zero-order chi connectivity index (χ0) is 13.8. The SMILES string of the molecule is CNc1ncnc(N(C)c2ccc(C)cc2)c1OC. The fourth-order valence-electron chi connectivity index (χ4n) is 1.86. The van der Waals surface area contributed by atoms with Crippen LogP contribution in [-0.4, -0.2) is 31.2 Å². The maximum atomic E-state index is 5.40. The summed E-state index contributed by atoms with van der Waals surface area (Å²) in [5, 5.41) is 3.00. The van der Waals surface area contributed by atoms with Gasteiger partial charge in [0.25, 0.3) is 0 Å². The van der Waals surface area contributed by atoms with Crippen LogP contribution >= 0.6 is 0 Å². The van der Waals surface area contributed by atoms with E-state index in [1.807, 2.05) is 11.9 Å².